The number of carbonyl (C=O) groups is 4. The van der Waals surface area contributed by atoms with Crippen LogP contribution in [0.3, 0.4) is 0 Å². The number of benzene rings is 2. The van der Waals surface area contributed by atoms with Gasteiger partial charge in [0.05, 0.1) is 52.8 Å². The maximum absolute atomic E-state index is 13.8. The summed E-state index contributed by atoms with van der Waals surface area (Å²) in [5, 5.41) is 1.39. The monoisotopic (exact) mass is 1060 g/mol. The van der Waals surface area contributed by atoms with Crippen molar-refractivity contribution in [3.05, 3.63) is 120 Å². The maximum Gasteiger partial charge on any atom is 0.321 e. The van der Waals surface area contributed by atoms with E-state index in [4.69, 9.17) is 0 Å². The number of hydrogen-bond acceptors (Lipinski definition) is 10. The van der Waals surface area contributed by atoms with Crippen LogP contribution in [0.15, 0.2) is 107 Å². The fraction of sp³-hybridized carbons (Fsp3) is 0.567. The fourth-order valence-corrected chi connectivity index (χ4v) is 14.3. The van der Waals surface area contributed by atoms with Gasteiger partial charge in [-0.3, -0.25) is 23.6 Å². The highest BCUT2D eigenvalue weighted by Crippen LogP contribution is 2.51. The Labute approximate surface area is 453 Å². The maximum atomic E-state index is 13.8. The molecule has 4 aromatic rings. The number of pyridine rings is 2. The molecule has 4 saturated carbocycles. The Bertz CT molecular complexity index is 2660. The van der Waals surface area contributed by atoms with Crippen LogP contribution in [-0.4, -0.2) is 158 Å². The number of hydrogen-bond donors (Lipinski definition) is 0. The van der Waals surface area contributed by atoms with E-state index in [0.717, 1.165) is 75.2 Å². The molecule has 2 spiro atoms. The van der Waals surface area contributed by atoms with Crippen molar-refractivity contribution in [2.24, 2.45) is 11.8 Å². The molecule has 4 amide bonds. The van der Waals surface area contributed by atoms with Crippen LogP contribution in [0.4, 0.5) is 9.59 Å². The van der Waals surface area contributed by atoms with Gasteiger partial charge in [0.2, 0.25) is 0 Å². The van der Waals surface area contributed by atoms with Crippen molar-refractivity contribution in [1.82, 2.24) is 39.4 Å². The Morgan fingerprint density at radius 3 is 1.37 bits per heavy atom. The molecule has 6 fully saturated rings. The summed E-state index contributed by atoms with van der Waals surface area (Å²) in [6, 6.07) is 32.7. The minimum absolute atomic E-state index is 0.0127. The van der Waals surface area contributed by atoms with Gasteiger partial charge in [0.25, 0.3) is 0 Å². The third-order valence-corrected chi connectivity index (χ3v) is 19.8. The van der Waals surface area contributed by atoms with Crippen molar-refractivity contribution < 1.29 is 23.4 Å². The van der Waals surface area contributed by atoms with Crippen LogP contribution < -0.4 is 0 Å². The van der Waals surface area contributed by atoms with Crippen LogP contribution in [0.1, 0.15) is 112 Å². The van der Waals surface area contributed by atoms with E-state index in [2.05, 4.69) is 118 Å². The minimum atomic E-state index is -1.20. The third-order valence-electron chi connectivity index (χ3n) is 18.4. The lowest BCUT2D eigenvalue weighted by Crippen LogP contribution is -2.56. The van der Waals surface area contributed by atoms with Gasteiger partial charge >= 0.3 is 12.1 Å². The summed E-state index contributed by atoms with van der Waals surface area (Å²) in [7, 11) is 7.50. The second-order valence-electron chi connectivity index (χ2n) is 23.1. The molecule has 0 N–H and O–H groups in total. The molecule has 0 bridgehead atoms. The van der Waals surface area contributed by atoms with Crippen LogP contribution in [0.5, 0.6) is 0 Å². The minimum Gasteiger partial charge on any atom is -0.317 e. The number of ketones is 2. The van der Waals surface area contributed by atoms with E-state index in [1.54, 1.807) is 41.1 Å². The van der Waals surface area contributed by atoms with E-state index >= 15 is 0 Å². The highest BCUT2D eigenvalue weighted by atomic mass is 32.2. The molecule has 2 aromatic heterocycles. The molecule has 1 atom stereocenters. The molecule has 10 rings (SSSR count). The lowest BCUT2D eigenvalue weighted by atomic mass is 9.68. The Morgan fingerprint density at radius 1 is 0.587 bits per heavy atom. The predicted molar refractivity (Wildman–Crippen MR) is 298 cm³/mol. The molecule has 1 unspecified atom stereocenters. The molecular formula is C60H80N8O5S2. The van der Waals surface area contributed by atoms with E-state index < -0.39 is 10.8 Å². The lowest BCUT2D eigenvalue weighted by Gasteiger charge is -2.51. The molecule has 13 nitrogen and oxygen atoms in total. The van der Waals surface area contributed by atoms with Gasteiger partial charge in [-0.1, -0.05) is 85.6 Å². The number of aromatic nitrogens is 2. The number of rotatable bonds is 18. The molecule has 0 radical (unpaired) electrons. The standard InChI is InChI=1S/C30H40N4O3S.C30H40N4O2S/c1-32(2)30(24-11-5-4-6-12-24)17-15-29(16-18-30)22-33(28(36)34(29)20-23-9-7-10-23)21-26(35)19-25-13-8-14-27(31-25)38(3)37;1-32(2)30(24-11-5-4-6-12-24)17-15-29(16-18-30)22-33(28(36)34(29)20-23-9-7-10-23)21-26(35)19-25-13-8-14-27(31-25)37-3/h4-6,8,11-14,23H,7,9-10,15-22H2,1-3H3;4-6,8,11-14,23H,7,9-10,15-22H2,1-3H3. The summed E-state index contributed by atoms with van der Waals surface area (Å²) in [4.78, 5) is 75.4. The summed E-state index contributed by atoms with van der Waals surface area (Å²) in [5.74, 6) is 1.20. The van der Waals surface area contributed by atoms with Crippen molar-refractivity contribution in [1.29, 1.82) is 0 Å². The zero-order valence-corrected chi connectivity index (χ0v) is 47.0. The topological polar surface area (TPSA) is 131 Å². The van der Waals surface area contributed by atoms with E-state index in [9.17, 15) is 23.4 Å². The largest absolute Gasteiger partial charge is 0.321 e. The van der Waals surface area contributed by atoms with E-state index in [1.807, 2.05) is 29.4 Å². The lowest BCUT2D eigenvalue weighted by molar-refractivity contribution is -0.119. The number of Topliss-reactive ketones (excluding diaryl/α,β-unsaturated/α-hetero) is 2. The predicted octanol–water partition coefficient (Wildman–Crippen LogP) is 9.46. The second kappa shape index (κ2) is 23.3. The smallest absolute Gasteiger partial charge is 0.317 e. The van der Waals surface area contributed by atoms with Crippen LogP contribution in [-0.2, 0) is 44.3 Å². The van der Waals surface area contributed by atoms with Gasteiger partial charge in [0.1, 0.15) is 5.03 Å². The van der Waals surface area contributed by atoms with Crippen molar-refractivity contribution in [2.75, 3.05) is 80.0 Å². The molecular weight excluding hydrogens is 977 g/mol. The number of carbonyl (C=O) groups excluding carboxylic acids is 4. The molecule has 402 valence electrons. The quantitative estimate of drug-likeness (QED) is 0.0889. The molecule has 6 aliphatic rings. The zero-order valence-electron chi connectivity index (χ0n) is 45.4. The van der Waals surface area contributed by atoms with Gasteiger partial charge in [-0.2, -0.15) is 0 Å². The number of thioether (sulfide) groups is 1. The average molecular weight is 1060 g/mol. The van der Waals surface area contributed by atoms with Crippen LogP contribution >= 0.6 is 11.8 Å². The van der Waals surface area contributed by atoms with Gasteiger partial charge in [0.15, 0.2) is 11.6 Å². The summed E-state index contributed by atoms with van der Waals surface area (Å²) in [6.07, 6.45) is 19.0. The molecule has 15 heteroatoms. The Morgan fingerprint density at radius 2 is 1.00 bits per heavy atom. The summed E-state index contributed by atoms with van der Waals surface area (Å²) in [6.45, 7) is 3.16. The molecule has 4 heterocycles. The van der Waals surface area contributed by atoms with Gasteiger partial charge < -0.3 is 19.6 Å². The van der Waals surface area contributed by atoms with Crippen LogP contribution in [0.2, 0.25) is 0 Å². The first kappa shape index (κ1) is 54.8. The number of amides is 4. The normalized spacial score (nSPS) is 26.5. The van der Waals surface area contributed by atoms with Gasteiger partial charge in [-0.05, 0) is 159 Å². The Balaban J connectivity index is 0.000000184. The number of nitrogens with zero attached hydrogens (tertiary/aromatic N) is 8. The highest BCUT2D eigenvalue weighted by Gasteiger charge is 2.57. The Kier molecular flexibility index (Phi) is 17.1. The summed E-state index contributed by atoms with van der Waals surface area (Å²) < 4.78 is 11.8. The molecule has 2 saturated heterocycles. The fourth-order valence-electron chi connectivity index (χ4n) is 13.3. The first-order valence-electron chi connectivity index (χ1n) is 27.5. The number of urea groups is 2. The molecule has 75 heavy (non-hydrogen) atoms. The highest BCUT2D eigenvalue weighted by molar-refractivity contribution is 7.98. The zero-order chi connectivity index (χ0) is 53.0. The SMILES string of the molecule is CN(C)C1(c2ccccc2)CCC2(CC1)CN(CC(=O)Cc1cccc(S(C)=O)n1)C(=O)N2CC1CCC1.CSc1cccc(CC(=O)CN2CC3(CCC(c4ccccc4)(N(C)C)CC3)N(CC3CCC3)C2=O)n1. The third kappa shape index (κ3) is 11.7. The van der Waals surface area contributed by atoms with E-state index in [-0.39, 0.29) is 71.7 Å². The van der Waals surface area contributed by atoms with E-state index in [1.165, 1.54) is 49.7 Å². The van der Waals surface area contributed by atoms with E-state index in [0.29, 0.717) is 35.6 Å². The van der Waals surface area contributed by atoms with Gasteiger partial charge in [-0.25, -0.2) is 19.6 Å². The molecule has 4 aliphatic carbocycles. The van der Waals surface area contributed by atoms with Gasteiger partial charge in [0, 0.05) is 54.9 Å². The first-order valence-corrected chi connectivity index (χ1v) is 30.3. The average Bonchev–Trinajstić information content (AvgIpc) is 3.79. The van der Waals surface area contributed by atoms with Crippen molar-refractivity contribution in [3.63, 3.8) is 0 Å². The summed E-state index contributed by atoms with van der Waals surface area (Å²) >= 11 is 1.57. The van der Waals surface area contributed by atoms with Crippen molar-refractivity contribution in [2.45, 2.75) is 135 Å². The first-order chi connectivity index (χ1) is 36.1. The van der Waals surface area contributed by atoms with Crippen LogP contribution in [0, 0.1) is 11.8 Å². The summed E-state index contributed by atoms with van der Waals surface area (Å²) in [5.41, 5.74) is 3.61. The van der Waals surface area contributed by atoms with Gasteiger partial charge in [-0.15, -0.1) is 11.8 Å². The molecule has 2 aromatic carbocycles. The Hall–Kier alpha value is -4.96. The second-order valence-corrected chi connectivity index (χ2v) is 25.3. The van der Waals surface area contributed by atoms with Crippen LogP contribution in [0.25, 0.3) is 0 Å². The molecule has 2 aliphatic heterocycles. The van der Waals surface area contributed by atoms with Crippen molar-refractivity contribution >= 4 is 46.2 Å². The van der Waals surface area contributed by atoms with Crippen molar-refractivity contribution in [3.8, 4) is 0 Å².